The van der Waals surface area contributed by atoms with Gasteiger partial charge < -0.3 is 15.2 Å². The standard InChI is InChI=1S/C13H13N3O4/c14-12-7-6-11(16(17)18)13(15-12)20-9-8-19-10-4-2-1-3-5-10/h1-7H,8-9H2,(H2,14,15). The third kappa shape index (κ3) is 3.58. The number of hydrogen-bond donors (Lipinski definition) is 1. The first-order chi connectivity index (χ1) is 9.66. The molecule has 1 aromatic heterocycles. The minimum absolute atomic E-state index is 0.105. The lowest BCUT2D eigenvalue weighted by Gasteiger charge is -2.08. The van der Waals surface area contributed by atoms with Gasteiger partial charge in [0, 0.05) is 6.07 Å². The number of para-hydroxylation sites is 1. The number of rotatable bonds is 6. The van der Waals surface area contributed by atoms with E-state index in [2.05, 4.69) is 4.98 Å². The second-order valence-corrected chi connectivity index (χ2v) is 3.83. The van der Waals surface area contributed by atoms with E-state index < -0.39 is 4.92 Å². The number of hydrogen-bond acceptors (Lipinski definition) is 6. The zero-order valence-corrected chi connectivity index (χ0v) is 10.6. The van der Waals surface area contributed by atoms with Crippen LogP contribution in [0.4, 0.5) is 11.5 Å². The van der Waals surface area contributed by atoms with E-state index in [0.29, 0.717) is 5.75 Å². The van der Waals surface area contributed by atoms with Crippen molar-refractivity contribution in [2.75, 3.05) is 18.9 Å². The second-order valence-electron chi connectivity index (χ2n) is 3.83. The zero-order chi connectivity index (χ0) is 14.4. The van der Waals surface area contributed by atoms with Crippen LogP contribution in [0.15, 0.2) is 42.5 Å². The minimum atomic E-state index is -0.570. The Morgan fingerprint density at radius 1 is 1.10 bits per heavy atom. The lowest BCUT2D eigenvalue weighted by atomic mass is 10.3. The van der Waals surface area contributed by atoms with Crippen LogP contribution in [0.2, 0.25) is 0 Å². The quantitative estimate of drug-likeness (QED) is 0.491. The molecule has 7 heteroatoms. The summed E-state index contributed by atoms with van der Waals surface area (Å²) in [5, 5.41) is 10.8. The van der Waals surface area contributed by atoms with Crippen molar-refractivity contribution in [3.05, 3.63) is 52.6 Å². The zero-order valence-electron chi connectivity index (χ0n) is 10.6. The van der Waals surface area contributed by atoms with Gasteiger partial charge in [0.25, 0.3) is 5.88 Å². The molecule has 20 heavy (non-hydrogen) atoms. The average Bonchev–Trinajstić information content (AvgIpc) is 2.44. The Bertz CT molecular complexity index is 589. The number of aromatic nitrogens is 1. The van der Waals surface area contributed by atoms with Gasteiger partial charge in [0.1, 0.15) is 24.8 Å². The Hall–Kier alpha value is -2.83. The second kappa shape index (κ2) is 6.37. The number of nitrogens with zero attached hydrogens (tertiary/aromatic N) is 2. The van der Waals surface area contributed by atoms with Crippen LogP contribution in [0.1, 0.15) is 0 Å². The number of ether oxygens (including phenoxy) is 2. The first kappa shape index (κ1) is 13.6. The van der Waals surface area contributed by atoms with Crippen molar-refractivity contribution in [3.8, 4) is 11.6 Å². The fourth-order valence-corrected chi connectivity index (χ4v) is 1.51. The van der Waals surface area contributed by atoms with Gasteiger partial charge in [-0.3, -0.25) is 10.1 Å². The Kier molecular flexibility index (Phi) is 4.33. The molecule has 1 aromatic carbocycles. The summed E-state index contributed by atoms with van der Waals surface area (Å²) >= 11 is 0. The molecule has 7 nitrogen and oxygen atoms in total. The van der Waals surface area contributed by atoms with Crippen LogP contribution in [-0.2, 0) is 0 Å². The smallest absolute Gasteiger partial charge is 0.331 e. The van der Waals surface area contributed by atoms with Crippen molar-refractivity contribution in [2.24, 2.45) is 0 Å². The first-order valence-corrected chi connectivity index (χ1v) is 5.88. The van der Waals surface area contributed by atoms with E-state index in [4.69, 9.17) is 15.2 Å². The minimum Gasteiger partial charge on any atom is -0.490 e. The number of pyridine rings is 1. The molecule has 1 heterocycles. The van der Waals surface area contributed by atoms with Gasteiger partial charge in [-0.05, 0) is 18.2 Å². The SMILES string of the molecule is Nc1ccc([N+](=O)[O-])c(OCCOc2ccccc2)n1. The van der Waals surface area contributed by atoms with Crippen molar-refractivity contribution in [1.29, 1.82) is 0 Å². The Morgan fingerprint density at radius 2 is 1.80 bits per heavy atom. The molecule has 0 radical (unpaired) electrons. The van der Waals surface area contributed by atoms with Crippen LogP contribution in [0.25, 0.3) is 0 Å². The number of benzene rings is 1. The average molecular weight is 275 g/mol. The van der Waals surface area contributed by atoms with E-state index >= 15 is 0 Å². The monoisotopic (exact) mass is 275 g/mol. The molecule has 0 aliphatic heterocycles. The summed E-state index contributed by atoms with van der Waals surface area (Å²) in [6, 6.07) is 11.8. The van der Waals surface area contributed by atoms with Crippen LogP contribution >= 0.6 is 0 Å². The molecular formula is C13H13N3O4. The lowest BCUT2D eigenvalue weighted by molar-refractivity contribution is -0.386. The van der Waals surface area contributed by atoms with Gasteiger partial charge in [0.2, 0.25) is 0 Å². The molecule has 0 spiro atoms. The van der Waals surface area contributed by atoms with Crippen LogP contribution < -0.4 is 15.2 Å². The Morgan fingerprint density at radius 3 is 2.50 bits per heavy atom. The molecule has 104 valence electrons. The van der Waals surface area contributed by atoms with Crippen LogP contribution in [0.3, 0.4) is 0 Å². The van der Waals surface area contributed by atoms with Crippen LogP contribution in [0.5, 0.6) is 11.6 Å². The Balaban J connectivity index is 1.91. The number of nitrogen functional groups attached to an aromatic ring is 1. The summed E-state index contributed by atoms with van der Waals surface area (Å²) < 4.78 is 10.6. The molecule has 0 saturated heterocycles. The molecular weight excluding hydrogens is 262 g/mol. The molecule has 0 aliphatic carbocycles. The van der Waals surface area contributed by atoms with Gasteiger partial charge in [-0.1, -0.05) is 18.2 Å². The molecule has 2 aromatic rings. The van der Waals surface area contributed by atoms with Gasteiger partial charge in [0.15, 0.2) is 0 Å². The summed E-state index contributed by atoms with van der Waals surface area (Å²) in [4.78, 5) is 14.0. The van der Waals surface area contributed by atoms with Crippen molar-refractivity contribution < 1.29 is 14.4 Å². The number of nitrogens with two attached hydrogens (primary N) is 1. The maximum Gasteiger partial charge on any atom is 0.331 e. The van der Waals surface area contributed by atoms with E-state index in [-0.39, 0.29) is 30.6 Å². The van der Waals surface area contributed by atoms with E-state index in [0.717, 1.165) is 0 Å². The highest BCUT2D eigenvalue weighted by molar-refractivity contribution is 5.46. The molecule has 0 bridgehead atoms. The molecule has 0 unspecified atom stereocenters. The summed E-state index contributed by atoms with van der Waals surface area (Å²) in [5.74, 6) is 0.757. The lowest BCUT2D eigenvalue weighted by Crippen LogP contribution is -2.11. The largest absolute Gasteiger partial charge is 0.490 e. The highest BCUT2D eigenvalue weighted by Crippen LogP contribution is 2.25. The maximum absolute atomic E-state index is 10.8. The van der Waals surface area contributed by atoms with Crippen molar-refractivity contribution in [1.82, 2.24) is 4.98 Å². The fourth-order valence-electron chi connectivity index (χ4n) is 1.51. The topological polar surface area (TPSA) is 101 Å². The van der Waals surface area contributed by atoms with Crippen LogP contribution in [-0.4, -0.2) is 23.1 Å². The molecule has 0 atom stereocenters. The van der Waals surface area contributed by atoms with Crippen molar-refractivity contribution in [2.45, 2.75) is 0 Å². The van der Waals surface area contributed by atoms with E-state index in [1.807, 2.05) is 18.2 Å². The third-order valence-corrected chi connectivity index (χ3v) is 2.39. The molecule has 0 saturated carbocycles. The Labute approximate surface area is 115 Å². The normalized spacial score (nSPS) is 10.0. The molecule has 0 amide bonds. The summed E-state index contributed by atoms with van der Waals surface area (Å²) in [6.07, 6.45) is 0. The van der Waals surface area contributed by atoms with Crippen molar-refractivity contribution >= 4 is 11.5 Å². The first-order valence-electron chi connectivity index (χ1n) is 5.88. The predicted octanol–water partition coefficient (Wildman–Crippen LogP) is 2.03. The molecule has 2 rings (SSSR count). The summed E-state index contributed by atoms with van der Waals surface area (Å²) in [5.41, 5.74) is 5.25. The van der Waals surface area contributed by atoms with E-state index in [1.54, 1.807) is 12.1 Å². The van der Waals surface area contributed by atoms with Crippen molar-refractivity contribution in [3.63, 3.8) is 0 Å². The molecule has 0 fully saturated rings. The molecule has 0 aliphatic rings. The van der Waals surface area contributed by atoms with Gasteiger partial charge in [-0.25, -0.2) is 0 Å². The van der Waals surface area contributed by atoms with Gasteiger partial charge in [0.05, 0.1) is 4.92 Å². The fraction of sp³-hybridized carbons (Fsp3) is 0.154. The van der Waals surface area contributed by atoms with Gasteiger partial charge >= 0.3 is 5.69 Å². The van der Waals surface area contributed by atoms with E-state index in [9.17, 15) is 10.1 Å². The number of anilines is 1. The van der Waals surface area contributed by atoms with Crippen LogP contribution in [0, 0.1) is 10.1 Å². The maximum atomic E-state index is 10.8. The summed E-state index contributed by atoms with van der Waals surface area (Å²) in [6.45, 7) is 0.379. The third-order valence-electron chi connectivity index (χ3n) is 2.39. The van der Waals surface area contributed by atoms with Gasteiger partial charge in [-0.15, -0.1) is 0 Å². The summed E-state index contributed by atoms with van der Waals surface area (Å²) in [7, 11) is 0. The van der Waals surface area contributed by atoms with Gasteiger partial charge in [-0.2, -0.15) is 4.98 Å². The van der Waals surface area contributed by atoms with E-state index in [1.165, 1.54) is 12.1 Å². The predicted molar refractivity (Wildman–Crippen MR) is 72.7 cm³/mol. The highest BCUT2D eigenvalue weighted by Gasteiger charge is 2.16. The highest BCUT2D eigenvalue weighted by atomic mass is 16.6. The number of nitro groups is 1. The molecule has 2 N–H and O–H groups in total.